The number of carbonyl (C=O) groups is 1. The number of amides is 1. The Balaban J connectivity index is 1.81. The third-order valence-electron chi connectivity index (χ3n) is 4.07. The molecule has 0 saturated heterocycles. The molecule has 0 bridgehead atoms. The summed E-state index contributed by atoms with van der Waals surface area (Å²) in [6.07, 6.45) is 6.94. The van der Waals surface area contributed by atoms with Crippen molar-refractivity contribution >= 4 is 29.1 Å². The minimum atomic E-state index is 0.211. The zero-order chi connectivity index (χ0) is 14.5. The normalized spacial score (nSPS) is 15.6. The van der Waals surface area contributed by atoms with Gasteiger partial charge >= 0.3 is 0 Å². The highest BCUT2D eigenvalue weighted by Crippen LogP contribution is 2.29. The highest BCUT2D eigenvalue weighted by molar-refractivity contribution is 6.42. The van der Waals surface area contributed by atoms with Gasteiger partial charge in [0.05, 0.1) is 10.0 Å². The lowest BCUT2D eigenvalue weighted by Gasteiger charge is -2.18. The topological polar surface area (TPSA) is 20.3 Å². The summed E-state index contributed by atoms with van der Waals surface area (Å²) in [5.74, 6) is 0.972. The first-order valence-electron chi connectivity index (χ1n) is 7.24. The second-order valence-electron chi connectivity index (χ2n) is 5.69. The molecule has 110 valence electrons. The van der Waals surface area contributed by atoms with Gasteiger partial charge < -0.3 is 4.90 Å². The van der Waals surface area contributed by atoms with Crippen LogP contribution in [0.25, 0.3) is 0 Å². The fourth-order valence-corrected chi connectivity index (χ4v) is 3.14. The van der Waals surface area contributed by atoms with Crippen molar-refractivity contribution in [2.45, 2.75) is 45.1 Å². The van der Waals surface area contributed by atoms with Crippen LogP contribution in [0.15, 0.2) is 18.2 Å². The summed E-state index contributed by atoms with van der Waals surface area (Å²) in [4.78, 5) is 13.9. The first kappa shape index (κ1) is 15.7. The zero-order valence-corrected chi connectivity index (χ0v) is 13.4. The molecule has 1 saturated carbocycles. The molecule has 1 fully saturated rings. The third-order valence-corrected chi connectivity index (χ3v) is 4.81. The lowest BCUT2D eigenvalue weighted by atomic mass is 10.0. The number of hydrogen-bond donors (Lipinski definition) is 0. The largest absolute Gasteiger partial charge is 0.341 e. The molecule has 0 spiro atoms. The molecule has 2 nitrogen and oxygen atoms in total. The van der Waals surface area contributed by atoms with Crippen molar-refractivity contribution in [3.05, 3.63) is 33.8 Å². The Kier molecular flexibility index (Phi) is 5.74. The van der Waals surface area contributed by atoms with Crippen molar-refractivity contribution in [3.63, 3.8) is 0 Å². The number of carbonyl (C=O) groups excluding carboxylic acids is 1. The van der Waals surface area contributed by atoms with Gasteiger partial charge in [0.15, 0.2) is 0 Å². The molecule has 1 aliphatic carbocycles. The molecule has 0 aliphatic heterocycles. The van der Waals surface area contributed by atoms with Gasteiger partial charge in [-0.3, -0.25) is 4.79 Å². The summed E-state index contributed by atoms with van der Waals surface area (Å²) >= 11 is 11.9. The molecule has 1 aliphatic rings. The smallest absolute Gasteiger partial charge is 0.222 e. The SMILES string of the molecule is CN(Cc1ccc(Cl)c(Cl)c1)C(=O)CCC1CCCC1. The Bertz CT molecular complexity index is 470. The Hall–Kier alpha value is -0.730. The van der Waals surface area contributed by atoms with Gasteiger partial charge in [0.2, 0.25) is 5.91 Å². The van der Waals surface area contributed by atoms with Crippen LogP contribution in [0.3, 0.4) is 0 Å². The van der Waals surface area contributed by atoms with Crippen molar-refractivity contribution in [3.8, 4) is 0 Å². The van der Waals surface area contributed by atoms with E-state index in [2.05, 4.69) is 0 Å². The minimum absolute atomic E-state index is 0.211. The molecule has 0 radical (unpaired) electrons. The molecular weight excluding hydrogens is 293 g/mol. The number of hydrogen-bond acceptors (Lipinski definition) is 1. The number of rotatable bonds is 5. The van der Waals surface area contributed by atoms with Gasteiger partial charge in [-0.1, -0.05) is 55.0 Å². The maximum atomic E-state index is 12.1. The monoisotopic (exact) mass is 313 g/mol. The van der Waals surface area contributed by atoms with E-state index >= 15 is 0 Å². The Morgan fingerprint density at radius 3 is 2.60 bits per heavy atom. The van der Waals surface area contributed by atoms with E-state index in [0.717, 1.165) is 17.9 Å². The average molecular weight is 314 g/mol. The molecule has 1 aromatic rings. The quantitative estimate of drug-likeness (QED) is 0.755. The molecule has 1 aromatic carbocycles. The van der Waals surface area contributed by atoms with Crippen molar-refractivity contribution in [1.82, 2.24) is 4.90 Å². The standard InChI is InChI=1S/C16H21Cl2NO/c1-19(11-13-6-8-14(17)15(18)10-13)16(20)9-7-12-4-2-3-5-12/h6,8,10,12H,2-5,7,9,11H2,1H3. The highest BCUT2D eigenvalue weighted by Gasteiger charge is 2.17. The van der Waals surface area contributed by atoms with Gasteiger partial charge in [-0.15, -0.1) is 0 Å². The first-order valence-corrected chi connectivity index (χ1v) is 7.99. The fraction of sp³-hybridized carbons (Fsp3) is 0.562. The van der Waals surface area contributed by atoms with Crippen LogP contribution in [0.1, 0.15) is 44.1 Å². The number of nitrogens with zero attached hydrogens (tertiary/aromatic N) is 1. The lowest BCUT2D eigenvalue weighted by molar-refractivity contribution is -0.130. The minimum Gasteiger partial charge on any atom is -0.341 e. The van der Waals surface area contributed by atoms with Crippen LogP contribution in [-0.4, -0.2) is 17.9 Å². The molecule has 0 heterocycles. The van der Waals surface area contributed by atoms with E-state index in [0.29, 0.717) is 23.0 Å². The van der Waals surface area contributed by atoms with E-state index in [1.807, 2.05) is 19.2 Å². The molecule has 4 heteroatoms. The van der Waals surface area contributed by atoms with Crippen LogP contribution < -0.4 is 0 Å². The molecule has 1 amide bonds. The van der Waals surface area contributed by atoms with Crippen molar-refractivity contribution in [1.29, 1.82) is 0 Å². The van der Waals surface area contributed by atoms with E-state index in [4.69, 9.17) is 23.2 Å². The molecule has 0 unspecified atom stereocenters. The van der Waals surface area contributed by atoms with Gasteiger partial charge in [0.1, 0.15) is 0 Å². The Labute approximate surface area is 131 Å². The van der Waals surface area contributed by atoms with Crippen molar-refractivity contribution in [2.24, 2.45) is 5.92 Å². The number of benzene rings is 1. The van der Waals surface area contributed by atoms with Gasteiger partial charge in [0, 0.05) is 20.0 Å². The second kappa shape index (κ2) is 7.33. The molecule has 20 heavy (non-hydrogen) atoms. The summed E-state index contributed by atoms with van der Waals surface area (Å²) in [5, 5.41) is 1.08. The van der Waals surface area contributed by atoms with Gasteiger partial charge in [-0.05, 0) is 30.0 Å². The fourth-order valence-electron chi connectivity index (χ4n) is 2.82. The summed E-state index contributed by atoms with van der Waals surface area (Å²) in [6, 6.07) is 5.51. The molecule has 0 atom stereocenters. The molecule has 0 aromatic heterocycles. The van der Waals surface area contributed by atoms with E-state index < -0.39 is 0 Å². The maximum Gasteiger partial charge on any atom is 0.222 e. The van der Waals surface area contributed by atoms with Crippen LogP contribution in [0.5, 0.6) is 0 Å². The van der Waals surface area contributed by atoms with E-state index in [1.54, 1.807) is 11.0 Å². The van der Waals surface area contributed by atoms with Gasteiger partial charge in [-0.2, -0.15) is 0 Å². The van der Waals surface area contributed by atoms with Crippen molar-refractivity contribution in [2.75, 3.05) is 7.05 Å². The van der Waals surface area contributed by atoms with Crippen LogP contribution in [0, 0.1) is 5.92 Å². The molecule has 0 N–H and O–H groups in total. The zero-order valence-electron chi connectivity index (χ0n) is 11.9. The highest BCUT2D eigenvalue weighted by atomic mass is 35.5. The van der Waals surface area contributed by atoms with Crippen molar-refractivity contribution < 1.29 is 4.79 Å². The summed E-state index contributed by atoms with van der Waals surface area (Å²) in [7, 11) is 1.85. The summed E-state index contributed by atoms with van der Waals surface area (Å²) < 4.78 is 0. The van der Waals surface area contributed by atoms with Gasteiger partial charge in [0.25, 0.3) is 0 Å². The lowest BCUT2D eigenvalue weighted by Crippen LogP contribution is -2.26. The number of halogens is 2. The van der Waals surface area contributed by atoms with E-state index in [1.165, 1.54) is 25.7 Å². The van der Waals surface area contributed by atoms with E-state index in [9.17, 15) is 4.79 Å². The average Bonchev–Trinajstić information content (AvgIpc) is 2.93. The summed E-state index contributed by atoms with van der Waals surface area (Å²) in [6.45, 7) is 0.584. The molecular formula is C16H21Cl2NO. The van der Waals surface area contributed by atoms with Crippen LogP contribution in [0.4, 0.5) is 0 Å². The third kappa shape index (κ3) is 4.39. The molecule has 2 rings (SSSR count). The van der Waals surface area contributed by atoms with Gasteiger partial charge in [-0.25, -0.2) is 0 Å². The predicted octanol–water partition coefficient (Wildman–Crippen LogP) is 4.92. The Morgan fingerprint density at radius 2 is 1.95 bits per heavy atom. The van der Waals surface area contributed by atoms with Crippen LogP contribution >= 0.6 is 23.2 Å². The first-order chi connectivity index (χ1) is 9.56. The van der Waals surface area contributed by atoms with Crippen LogP contribution in [-0.2, 0) is 11.3 Å². The predicted molar refractivity (Wildman–Crippen MR) is 84.1 cm³/mol. The van der Waals surface area contributed by atoms with E-state index in [-0.39, 0.29) is 5.91 Å². The Morgan fingerprint density at radius 1 is 1.25 bits per heavy atom. The van der Waals surface area contributed by atoms with Crippen LogP contribution in [0.2, 0.25) is 10.0 Å². The second-order valence-corrected chi connectivity index (χ2v) is 6.50. The maximum absolute atomic E-state index is 12.1. The summed E-state index contributed by atoms with van der Waals surface area (Å²) in [5.41, 5.74) is 1.01.